The first kappa shape index (κ1) is 10.0. The van der Waals surface area contributed by atoms with Gasteiger partial charge >= 0.3 is 0 Å². The maximum atomic E-state index is 4.59. The normalized spacial score (nSPS) is 15.5. The highest BCUT2D eigenvalue weighted by Gasteiger charge is 2.14. The number of pyridine rings is 1. The van der Waals surface area contributed by atoms with Crippen LogP contribution in [0.2, 0.25) is 0 Å². The Labute approximate surface area is 100 Å². The van der Waals surface area contributed by atoms with Crippen molar-refractivity contribution in [2.24, 2.45) is 0 Å². The van der Waals surface area contributed by atoms with Gasteiger partial charge in [-0.25, -0.2) is 0 Å². The van der Waals surface area contributed by atoms with E-state index >= 15 is 0 Å². The molecule has 2 heterocycles. The van der Waals surface area contributed by atoms with Crippen LogP contribution in [0.1, 0.15) is 30.4 Å². The lowest BCUT2D eigenvalue weighted by Gasteiger charge is -2.09. The summed E-state index contributed by atoms with van der Waals surface area (Å²) in [5.41, 5.74) is 4.26. The van der Waals surface area contributed by atoms with Gasteiger partial charge in [0.25, 0.3) is 0 Å². The molecule has 1 nitrogen and oxygen atoms in total. The van der Waals surface area contributed by atoms with E-state index in [1.165, 1.54) is 53.8 Å². The van der Waals surface area contributed by atoms with Crippen LogP contribution in [0.15, 0.2) is 29.8 Å². The van der Waals surface area contributed by atoms with Crippen LogP contribution in [0.4, 0.5) is 0 Å². The molecule has 0 saturated heterocycles. The number of nitrogens with zero attached hydrogens (tertiary/aromatic N) is 1. The smallest absolute Gasteiger partial charge is 0.0836 e. The highest BCUT2D eigenvalue weighted by Crippen LogP contribution is 2.31. The maximum absolute atomic E-state index is 4.59. The Balaban J connectivity index is 2.12. The van der Waals surface area contributed by atoms with Crippen molar-refractivity contribution >= 4 is 11.3 Å². The predicted octanol–water partition coefficient (Wildman–Crippen LogP) is 4.08. The van der Waals surface area contributed by atoms with Crippen LogP contribution in [0, 0.1) is 0 Å². The van der Waals surface area contributed by atoms with Gasteiger partial charge in [-0.3, -0.25) is 4.98 Å². The van der Waals surface area contributed by atoms with Crippen molar-refractivity contribution in [1.29, 1.82) is 0 Å². The number of thiophene rings is 1. The highest BCUT2D eigenvalue weighted by atomic mass is 32.1. The van der Waals surface area contributed by atoms with Crippen molar-refractivity contribution in [3.63, 3.8) is 0 Å². The van der Waals surface area contributed by atoms with Gasteiger partial charge in [-0.2, -0.15) is 0 Å². The molecule has 1 aliphatic carbocycles. The second kappa shape index (κ2) is 4.38. The molecule has 0 N–H and O–H groups in total. The van der Waals surface area contributed by atoms with E-state index in [-0.39, 0.29) is 0 Å². The molecule has 0 amide bonds. The fraction of sp³-hybridized carbons (Fsp3) is 0.357. The molecule has 2 aromatic heterocycles. The predicted molar refractivity (Wildman–Crippen MR) is 68.8 cm³/mol. The van der Waals surface area contributed by atoms with Gasteiger partial charge in [0.05, 0.1) is 10.6 Å². The van der Waals surface area contributed by atoms with Crippen LogP contribution in [-0.4, -0.2) is 4.98 Å². The summed E-state index contributed by atoms with van der Waals surface area (Å²) in [5.74, 6) is 0. The average molecular weight is 229 g/mol. The Bertz CT molecular complexity index is 473. The summed E-state index contributed by atoms with van der Waals surface area (Å²) < 4.78 is 0. The fourth-order valence-electron chi connectivity index (χ4n) is 2.47. The molecule has 16 heavy (non-hydrogen) atoms. The van der Waals surface area contributed by atoms with Crippen molar-refractivity contribution < 1.29 is 0 Å². The van der Waals surface area contributed by atoms with Crippen molar-refractivity contribution in [3.8, 4) is 10.6 Å². The van der Waals surface area contributed by atoms with E-state index in [2.05, 4.69) is 28.6 Å². The first-order valence-electron chi connectivity index (χ1n) is 5.96. The number of fused-ring (bicyclic) bond motifs is 1. The first-order valence-corrected chi connectivity index (χ1v) is 6.84. The van der Waals surface area contributed by atoms with Crippen molar-refractivity contribution in [2.75, 3.05) is 0 Å². The van der Waals surface area contributed by atoms with E-state index in [0.717, 1.165) is 0 Å². The van der Waals surface area contributed by atoms with Gasteiger partial charge in [0.1, 0.15) is 0 Å². The molecule has 0 aliphatic heterocycles. The molecule has 1 aliphatic rings. The molecule has 0 radical (unpaired) electrons. The molecule has 0 unspecified atom stereocenters. The van der Waals surface area contributed by atoms with Gasteiger partial charge in [0.2, 0.25) is 0 Å². The van der Waals surface area contributed by atoms with Gasteiger partial charge < -0.3 is 0 Å². The van der Waals surface area contributed by atoms with Crippen LogP contribution >= 0.6 is 11.3 Å². The van der Waals surface area contributed by atoms with Crippen LogP contribution in [0.3, 0.4) is 0 Å². The van der Waals surface area contributed by atoms with Gasteiger partial charge in [-0.15, -0.1) is 11.3 Å². The Kier molecular flexibility index (Phi) is 2.75. The maximum Gasteiger partial charge on any atom is 0.0836 e. The summed E-state index contributed by atoms with van der Waals surface area (Å²) in [6.07, 6.45) is 8.42. The zero-order valence-electron chi connectivity index (χ0n) is 9.28. The third kappa shape index (κ3) is 1.78. The molecular weight excluding hydrogens is 214 g/mol. The van der Waals surface area contributed by atoms with E-state index in [4.69, 9.17) is 0 Å². The minimum Gasteiger partial charge on any atom is -0.255 e. The average Bonchev–Trinajstić information content (AvgIpc) is 2.73. The van der Waals surface area contributed by atoms with Gasteiger partial charge in [0.15, 0.2) is 0 Å². The van der Waals surface area contributed by atoms with E-state index < -0.39 is 0 Å². The summed E-state index contributed by atoms with van der Waals surface area (Å²) in [6.45, 7) is 0. The fourth-order valence-corrected chi connectivity index (χ4v) is 3.21. The molecule has 2 heteroatoms. The lowest BCUT2D eigenvalue weighted by atomic mass is 10.0. The largest absolute Gasteiger partial charge is 0.255 e. The third-order valence-electron chi connectivity index (χ3n) is 3.28. The minimum absolute atomic E-state index is 1.20. The zero-order valence-corrected chi connectivity index (χ0v) is 10.1. The second-order valence-corrected chi connectivity index (χ2v) is 5.28. The van der Waals surface area contributed by atoms with Crippen LogP contribution in [0.25, 0.3) is 10.6 Å². The molecule has 82 valence electrons. The number of aromatic nitrogens is 1. The number of aryl methyl sites for hydroxylation is 1. The molecule has 0 atom stereocenters. The topological polar surface area (TPSA) is 12.9 Å². The summed E-state index contributed by atoms with van der Waals surface area (Å²) >= 11 is 1.79. The van der Waals surface area contributed by atoms with Crippen molar-refractivity contribution in [1.82, 2.24) is 4.98 Å². The monoisotopic (exact) mass is 229 g/mol. The summed E-state index contributed by atoms with van der Waals surface area (Å²) in [5, 5.41) is 2.13. The van der Waals surface area contributed by atoms with Crippen molar-refractivity contribution in [2.45, 2.75) is 32.1 Å². The van der Waals surface area contributed by atoms with Gasteiger partial charge in [-0.1, -0.05) is 12.5 Å². The second-order valence-electron chi connectivity index (χ2n) is 4.34. The Morgan fingerprint density at radius 1 is 1.06 bits per heavy atom. The Morgan fingerprint density at radius 2 is 2.00 bits per heavy atom. The molecular formula is C14H15NS. The molecule has 0 saturated carbocycles. The zero-order chi connectivity index (χ0) is 10.8. The van der Waals surface area contributed by atoms with Crippen LogP contribution < -0.4 is 0 Å². The molecule has 0 bridgehead atoms. The molecule has 0 aromatic carbocycles. The Hall–Kier alpha value is -1.15. The standard InChI is InChI=1S/C14H15NS/c1-2-5-11-8-9-15-14(12(11)6-3-1)13-7-4-10-16-13/h4,7-10H,1-3,5-6H2. The molecule has 0 fully saturated rings. The van der Waals surface area contributed by atoms with E-state index in [1.54, 1.807) is 11.3 Å². The van der Waals surface area contributed by atoms with E-state index in [1.807, 2.05) is 6.20 Å². The quantitative estimate of drug-likeness (QED) is 0.671. The van der Waals surface area contributed by atoms with Crippen molar-refractivity contribution in [3.05, 3.63) is 40.9 Å². The number of rotatable bonds is 1. The lowest BCUT2D eigenvalue weighted by molar-refractivity contribution is 0.712. The molecule has 3 rings (SSSR count). The van der Waals surface area contributed by atoms with Gasteiger partial charge in [0, 0.05) is 6.20 Å². The third-order valence-corrected chi connectivity index (χ3v) is 4.16. The number of hydrogen-bond acceptors (Lipinski definition) is 2. The minimum atomic E-state index is 1.20. The lowest BCUT2D eigenvalue weighted by Crippen LogP contribution is -1.96. The van der Waals surface area contributed by atoms with Crippen LogP contribution in [-0.2, 0) is 12.8 Å². The Morgan fingerprint density at radius 3 is 2.88 bits per heavy atom. The first-order chi connectivity index (χ1) is 7.95. The highest BCUT2D eigenvalue weighted by molar-refractivity contribution is 7.13. The summed E-state index contributed by atoms with van der Waals surface area (Å²) in [4.78, 5) is 5.90. The summed E-state index contributed by atoms with van der Waals surface area (Å²) in [6, 6.07) is 6.49. The van der Waals surface area contributed by atoms with Gasteiger partial charge in [-0.05, 0) is 54.3 Å². The number of hydrogen-bond donors (Lipinski definition) is 0. The molecule has 2 aromatic rings. The molecule has 0 spiro atoms. The SMILES string of the molecule is c1csc(-c2nccc3c2CCCCC3)c1. The summed E-state index contributed by atoms with van der Waals surface area (Å²) in [7, 11) is 0. The van der Waals surface area contributed by atoms with E-state index in [9.17, 15) is 0 Å². The van der Waals surface area contributed by atoms with Crippen LogP contribution in [0.5, 0.6) is 0 Å². The van der Waals surface area contributed by atoms with E-state index in [0.29, 0.717) is 0 Å².